The molecule has 15 heavy (non-hydrogen) atoms. The first-order chi connectivity index (χ1) is 7.02. The summed E-state index contributed by atoms with van der Waals surface area (Å²) in [6.07, 6.45) is 1.17. The van der Waals surface area contributed by atoms with Gasteiger partial charge in [0.05, 0.1) is 15.4 Å². The molecule has 0 atom stereocenters. The minimum absolute atomic E-state index is 0.125. The Hall–Kier alpha value is -1.30. The summed E-state index contributed by atoms with van der Waals surface area (Å²) >= 11 is 2.90. The van der Waals surface area contributed by atoms with Crippen molar-refractivity contribution in [1.29, 1.82) is 0 Å². The lowest BCUT2D eigenvalue weighted by Crippen LogP contribution is -2.07. The number of aromatic amines is 1. The lowest BCUT2D eigenvalue weighted by molar-refractivity contribution is 0.452. The number of fused-ring (bicyclic) bond motifs is 1. The summed E-state index contributed by atoms with van der Waals surface area (Å²) < 4.78 is 38.9. The van der Waals surface area contributed by atoms with Crippen LogP contribution in [0.1, 0.15) is 0 Å². The average molecular weight is 278 g/mol. The largest absolute Gasteiger partial charge is 0.357 e. The number of H-pyrrole nitrogens is 1. The highest BCUT2D eigenvalue weighted by atomic mass is 79.9. The molecule has 0 fully saturated rings. The van der Waals surface area contributed by atoms with Gasteiger partial charge in [0.2, 0.25) is 5.43 Å². The standard InChI is InChI=1S/C9H3BrF3NO/c10-4-2-14-8-3(9(4)15)1-5(11)6(12)7(8)13/h1-2H,(H,14,15). The van der Waals surface area contributed by atoms with Crippen LogP contribution in [-0.2, 0) is 0 Å². The van der Waals surface area contributed by atoms with E-state index in [-0.39, 0.29) is 15.4 Å². The predicted octanol–water partition coefficient (Wildman–Crippen LogP) is 2.71. The van der Waals surface area contributed by atoms with Gasteiger partial charge in [0.15, 0.2) is 17.5 Å². The van der Waals surface area contributed by atoms with Crippen LogP contribution in [-0.4, -0.2) is 4.98 Å². The lowest BCUT2D eigenvalue weighted by Gasteiger charge is -2.01. The Morgan fingerprint density at radius 2 is 1.87 bits per heavy atom. The third-order valence-corrected chi connectivity index (χ3v) is 2.56. The zero-order valence-corrected chi connectivity index (χ0v) is 8.66. The van der Waals surface area contributed by atoms with Crippen LogP contribution in [0.5, 0.6) is 0 Å². The molecule has 0 aliphatic heterocycles. The van der Waals surface area contributed by atoms with Crippen LogP contribution in [0.15, 0.2) is 21.5 Å². The van der Waals surface area contributed by atoms with E-state index in [1.165, 1.54) is 6.20 Å². The van der Waals surface area contributed by atoms with Gasteiger partial charge in [0.25, 0.3) is 0 Å². The molecule has 78 valence electrons. The molecule has 2 nitrogen and oxygen atoms in total. The predicted molar refractivity (Wildman–Crippen MR) is 52.1 cm³/mol. The Morgan fingerprint density at radius 3 is 2.53 bits per heavy atom. The molecule has 0 amide bonds. The van der Waals surface area contributed by atoms with Gasteiger partial charge < -0.3 is 4.98 Å². The fourth-order valence-electron chi connectivity index (χ4n) is 1.24. The monoisotopic (exact) mass is 277 g/mol. The van der Waals surface area contributed by atoms with Gasteiger partial charge in [-0.2, -0.15) is 0 Å². The topological polar surface area (TPSA) is 32.9 Å². The summed E-state index contributed by atoms with van der Waals surface area (Å²) in [4.78, 5) is 13.8. The maximum absolute atomic E-state index is 13.2. The Bertz CT molecular complexity index is 608. The molecule has 0 unspecified atom stereocenters. The third kappa shape index (κ3) is 1.45. The zero-order chi connectivity index (χ0) is 11.2. The Labute approximate surface area is 89.9 Å². The summed E-state index contributed by atoms with van der Waals surface area (Å²) in [7, 11) is 0. The summed E-state index contributed by atoms with van der Waals surface area (Å²) in [5.74, 6) is -4.38. The van der Waals surface area contributed by atoms with Gasteiger partial charge in [0.1, 0.15) is 0 Å². The zero-order valence-electron chi connectivity index (χ0n) is 7.07. The van der Waals surface area contributed by atoms with Crippen molar-refractivity contribution in [2.45, 2.75) is 0 Å². The van der Waals surface area contributed by atoms with Crippen molar-refractivity contribution in [3.8, 4) is 0 Å². The van der Waals surface area contributed by atoms with Crippen LogP contribution in [0, 0.1) is 17.5 Å². The van der Waals surface area contributed by atoms with E-state index in [0.717, 1.165) is 0 Å². The van der Waals surface area contributed by atoms with Gasteiger partial charge in [-0.15, -0.1) is 0 Å². The molecular weight excluding hydrogens is 275 g/mol. The summed E-state index contributed by atoms with van der Waals surface area (Å²) in [6, 6.07) is 0.664. The molecule has 2 rings (SSSR count). The molecule has 2 aromatic rings. The third-order valence-electron chi connectivity index (χ3n) is 1.97. The van der Waals surface area contributed by atoms with Crippen LogP contribution in [0.3, 0.4) is 0 Å². The smallest absolute Gasteiger partial charge is 0.203 e. The van der Waals surface area contributed by atoms with E-state index >= 15 is 0 Å². The van der Waals surface area contributed by atoms with Gasteiger partial charge in [-0.1, -0.05) is 0 Å². The van der Waals surface area contributed by atoms with E-state index < -0.39 is 22.9 Å². The van der Waals surface area contributed by atoms with Crippen LogP contribution in [0.4, 0.5) is 13.2 Å². The highest BCUT2D eigenvalue weighted by Crippen LogP contribution is 2.20. The number of hydrogen-bond acceptors (Lipinski definition) is 1. The minimum atomic E-state index is -1.60. The second-order valence-electron chi connectivity index (χ2n) is 2.87. The highest BCUT2D eigenvalue weighted by Gasteiger charge is 2.16. The Balaban J connectivity index is 3.05. The number of rotatable bonds is 0. The number of hydrogen-bond donors (Lipinski definition) is 1. The quantitative estimate of drug-likeness (QED) is 0.738. The highest BCUT2D eigenvalue weighted by molar-refractivity contribution is 9.10. The van der Waals surface area contributed by atoms with E-state index in [1.54, 1.807) is 0 Å². The fourth-order valence-corrected chi connectivity index (χ4v) is 1.57. The molecule has 0 radical (unpaired) electrons. The molecule has 0 saturated carbocycles. The van der Waals surface area contributed by atoms with E-state index in [9.17, 15) is 18.0 Å². The van der Waals surface area contributed by atoms with Crippen molar-refractivity contribution in [2.75, 3.05) is 0 Å². The number of aromatic nitrogens is 1. The van der Waals surface area contributed by atoms with Gasteiger partial charge in [-0.25, -0.2) is 13.2 Å². The van der Waals surface area contributed by atoms with Crippen LogP contribution < -0.4 is 5.43 Å². The average Bonchev–Trinajstić information content (AvgIpc) is 2.21. The molecule has 1 aromatic carbocycles. The normalized spacial score (nSPS) is 10.9. The van der Waals surface area contributed by atoms with E-state index in [1.807, 2.05) is 0 Å². The SMILES string of the molecule is O=c1c(Br)c[nH]c2c(F)c(F)c(F)cc12. The molecular formula is C9H3BrF3NO. The summed E-state index contributed by atoms with van der Waals surface area (Å²) in [5, 5.41) is -0.235. The first-order valence-corrected chi connectivity index (χ1v) is 4.66. The van der Waals surface area contributed by atoms with Gasteiger partial charge >= 0.3 is 0 Å². The van der Waals surface area contributed by atoms with E-state index in [2.05, 4.69) is 20.9 Å². The molecule has 6 heteroatoms. The molecule has 0 aliphatic rings. The van der Waals surface area contributed by atoms with E-state index in [4.69, 9.17) is 0 Å². The first kappa shape index (κ1) is 10.2. The minimum Gasteiger partial charge on any atom is -0.357 e. The Kier molecular flexibility index (Phi) is 2.30. The van der Waals surface area contributed by atoms with Crippen molar-refractivity contribution >= 4 is 26.8 Å². The summed E-state index contributed by atoms with van der Waals surface area (Å²) in [6.45, 7) is 0. The summed E-state index contributed by atoms with van der Waals surface area (Å²) in [5.41, 5.74) is -0.941. The van der Waals surface area contributed by atoms with Gasteiger partial charge in [-0.05, 0) is 22.0 Å². The fraction of sp³-hybridized carbons (Fsp3) is 0. The Morgan fingerprint density at radius 1 is 1.20 bits per heavy atom. The van der Waals surface area contributed by atoms with Crippen molar-refractivity contribution in [1.82, 2.24) is 4.98 Å². The van der Waals surface area contributed by atoms with Crippen LogP contribution in [0.2, 0.25) is 0 Å². The van der Waals surface area contributed by atoms with Gasteiger partial charge in [-0.3, -0.25) is 4.79 Å². The second-order valence-corrected chi connectivity index (χ2v) is 3.73. The van der Waals surface area contributed by atoms with Gasteiger partial charge in [0, 0.05) is 6.20 Å². The molecule has 0 saturated heterocycles. The van der Waals surface area contributed by atoms with Crippen molar-refractivity contribution < 1.29 is 13.2 Å². The van der Waals surface area contributed by atoms with Crippen molar-refractivity contribution in [3.63, 3.8) is 0 Å². The van der Waals surface area contributed by atoms with E-state index in [0.29, 0.717) is 6.07 Å². The van der Waals surface area contributed by atoms with Crippen molar-refractivity contribution in [3.05, 3.63) is 44.4 Å². The number of nitrogens with one attached hydrogen (secondary N) is 1. The maximum Gasteiger partial charge on any atom is 0.203 e. The molecule has 0 aliphatic carbocycles. The molecule has 0 spiro atoms. The number of pyridine rings is 1. The molecule has 1 heterocycles. The van der Waals surface area contributed by atoms with Crippen LogP contribution in [0.25, 0.3) is 10.9 Å². The number of benzene rings is 1. The molecule has 1 N–H and O–H groups in total. The van der Waals surface area contributed by atoms with Crippen molar-refractivity contribution in [2.24, 2.45) is 0 Å². The molecule has 1 aromatic heterocycles. The maximum atomic E-state index is 13.2. The first-order valence-electron chi connectivity index (χ1n) is 3.86. The molecule has 0 bridgehead atoms. The van der Waals surface area contributed by atoms with Crippen LogP contribution >= 0.6 is 15.9 Å². The number of halogens is 4. The second kappa shape index (κ2) is 3.37. The lowest BCUT2D eigenvalue weighted by atomic mass is 10.2.